The van der Waals surface area contributed by atoms with E-state index in [0.717, 1.165) is 17.7 Å². The summed E-state index contributed by atoms with van der Waals surface area (Å²) in [5, 5.41) is 0. The number of fused-ring (bicyclic) bond motifs is 1. The van der Waals surface area contributed by atoms with Gasteiger partial charge in [-0.05, 0) is 32.4 Å². The number of ether oxygens (including phenoxy) is 2. The van der Waals surface area contributed by atoms with Crippen LogP contribution in [0.25, 0.3) is 0 Å². The summed E-state index contributed by atoms with van der Waals surface area (Å²) in [6, 6.07) is 3.75. The smallest absolute Gasteiger partial charge is 0.308 e. The van der Waals surface area contributed by atoms with Gasteiger partial charge in [-0.25, -0.2) is 0 Å². The van der Waals surface area contributed by atoms with Crippen molar-refractivity contribution in [2.45, 2.75) is 39.7 Å². The first-order valence-electron chi connectivity index (χ1n) is 5.39. The molecule has 0 radical (unpaired) electrons. The van der Waals surface area contributed by atoms with E-state index < -0.39 is 0 Å². The van der Waals surface area contributed by atoms with Crippen molar-refractivity contribution in [1.82, 2.24) is 0 Å². The van der Waals surface area contributed by atoms with Gasteiger partial charge in [-0.3, -0.25) is 4.79 Å². The van der Waals surface area contributed by atoms with E-state index in [9.17, 15) is 4.79 Å². The van der Waals surface area contributed by atoms with Crippen LogP contribution in [0.5, 0.6) is 11.5 Å². The molecule has 1 aliphatic heterocycles. The molecule has 1 aromatic carbocycles. The van der Waals surface area contributed by atoms with Crippen molar-refractivity contribution in [1.29, 1.82) is 0 Å². The Balaban J connectivity index is 2.46. The number of carbonyl (C=O) groups excluding carboxylic acids is 1. The van der Waals surface area contributed by atoms with Gasteiger partial charge in [-0.1, -0.05) is 6.07 Å². The van der Waals surface area contributed by atoms with Crippen LogP contribution in [0.1, 0.15) is 31.9 Å². The van der Waals surface area contributed by atoms with Gasteiger partial charge in [-0.2, -0.15) is 0 Å². The Morgan fingerprint density at radius 3 is 2.75 bits per heavy atom. The van der Waals surface area contributed by atoms with Crippen molar-refractivity contribution < 1.29 is 14.3 Å². The molecule has 1 aliphatic rings. The Hall–Kier alpha value is -1.51. The summed E-state index contributed by atoms with van der Waals surface area (Å²) in [5.41, 5.74) is 2.10. The quantitative estimate of drug-likeness (QED) is 0.539. The lowest BCUT2D eigenvalue weighted by molar-refractivity contribution is -0.132. The molecule has 16 heavy (non-hydrogen) atoms. The van der Waals surface area contributed by atoms with E-state index in [2.05, 4.69) is 0 Å². The molecule has 1 heterocycles. The molecule has 0 amide bonds. The Morgan fingerprint density at radius 1 is 1.44 bits per heavy atom. The van der Waals surface area contributed by atoms with Crippen molar-refractivity contribution in [3.63, 3.8) is 0 Å². The number of benzene rings is 1. The lowest BCUT2D eigenvalue weighted by Gasteiger charge is -2.17. The predicted octanol–water partition coefficient (Wildman–Crippen LogP) is 2.63. The number of hydrogen-bond acceptors (Lipinski definition) is 3. The molecule has 0 saturated heterocycles. The van der Waals surface area contributed by atoms with Crippen LogP contribution in [-0.2, 0) is 11.2 Å². The largest absolute Gasteiger partial charge is 0.483 e. The first-order chi connectivity index (χ1) is 7.39. The number of esters is 1. The van der Waals surface area contributed by atoms with E-state index in [-0.39, 0.29) is 11.6 Å². The van der Waals surface area contributed by atoms with Crippen molar-refractivity contribution >= 4 is 5.97 Å². The molecule has 3 nitrogen and oxygen atoms in total. The average Bonchev–Trinajstić information content (AvgIpc) is 2.47. The Kier molecular flexibility index (Phi) is 2.41. The summed E-state index contributed by atoms with van der Waals surface area (Å²) in [7, 11) is 0. The van der Waals surface area contributed by atoms with E-state index in [1.165, 1.54) is 12.5 Å². The highest BCUT2D eigenvalue weighted by Crippen LogP contribution is 2.43. The lowest BCUT2D eigenvalue weighted by atomic mass is 9.98. The summed E-state index contributed by atoms with van der Waals surface area (Å²) >= 11 is 0. The molecule has 0 unspecified atom stereocenters. The number of aryl methyl sites for hydroxylation is 1. The summed E-state index contributed by atoms with van der Waals surface area (Å²) in [6.45, 7) is 7.50. The van der Waals surface area contributed by atoms with Gasteiger partial charge in [0.25, 0.3) is 0 Å². The van der Waals surface area contributed by atoms with Crippen LogP contribution >= 0.6 is 0 Å². The van der Waals surface area contributed by atoms with Crippen molar-refractivity contribution in [2.75, 3.05) is 0 Å². The van der Waals surface area contributed by atoms with E-state index in [1.54, 1.807) is 6.07 Å². The van der Waals surface area contributed by atoms with Crippen LogP contribution in [0.2, 0.25) is 0 Å². The maximum absolute atomic E-state index is 11.0. The number of rotatable bonds is 1. The van der Waals surface area contributed by atoms with E-state index in [1.807, 2.05) is 26.8 Å². The normalized spacial score (nSPS) is 16.5. The first-order valence-corrected chi connectivity index (χ1v) is 5.39. The van der Waals surface area contributed by atoms with Gasteiger partial charge in [0.15, 0.2) is 11.5 Å². The lowest BCUT2D eigenvalue weighted by Crippen LogP contribution is -2.24. The second-order valence-corrected chi connectivity index (χ2v) is 4.82. The fourth-order valence-corrected chi connectivity index (χ4v) is 2.01. The molecular weight excluding hydrogens is 204 g/mol. The third kappa shape index (κ3) is 1.90. The summed E-state index contributed by atoms with van der Waals surface area (Å²) < 4.78 is 11.0. The van der Waals surface area contributed by atoms with Gasteiger partial charge in [0.2, 0.25) is 0 Å². The first kappa shape index (κ1) is 11.0. The van der Waals surface area contributed by atoms with E-state index in [4.69, 9.17) is 9.47 Å². The molecule has 2 rings (SSSR count). The average molecular weight is 220 g/mol. The second-order valence-electron chi connectivity index (χ2n) is 4.82. The van der Waals surface area contributed by atoms with Crippen molar-refractivity contribution in [2.24, 2.45) is 0 Å². The van der Waals surface area contributed by atoms with Crippen LogP contribution in [0.4, 0.5) is 0 Å². The van der Waals surface area contributed by atoms with E-state index in [0.29, 0.717) is 5.75 Å². The highest BCUT2D eigenvalue weighted by Gasteiger charge is 2.33. The molecule has 0 N–H and O–H groups in total. The fourth-order valence-electron chi connectivity index (χ4n) is 2.01. The van der Waals surface area contributed by atoms with Crippen LogP contribution < -0.4 is 9.47 Å². The molecular formula is C13H16O3. The Morgan fingerprint density at radius 2 is 2.12 bits per heavy atom. The van der Waals surface area contributed by atoms with Gasteiger partial charge >= 0.3 is 5.97 Å². The zero-order valence-corrected chi connectivity index (χ0v) is 10.1. The molecule has 1 aromatic rings. The zero-order chi connectivity index (χ0) is 11.9. The summed E-state index contributed by atoms with van der Waals surface area (Å²) in [6.07, 6.45) is 0.850. The van der Waals surface area contributed by atoms with E-state index >= 15 is 0 Å². The van der Waals surface area contributed by atoms with Crippen LogP contribution in [0.15, 0.2) is 12.1 Å². The maximum Gasteiger partial charge on any atom is 0.308 e. The topological polar surface area (TPSA) is 35.5 Å². The maximum atomic E-state index is 11.0. The van der Waals surface area contributed by atoms with Gasteiger partial charge in [-0.15, -0.1) is 0 Å². The summed E-state index contributed by atoms with van der Waals surface area (Å²) in [5.74, 6) is 0.929. The number of carbonyl (C=O) groups is 1. The Bertz CT molecular complexity index is 447. The fraction of sp³-hybridized carbons (Fsp3) is 0.462. The molecule has 0 aromatic heterocycles. The Labute approximate surface area is 95.4 Å². The highest BCUT2D eigenvalue weighted by atomic mass is 16.6. The zero-order valence-electron chi connectivity index (χ0n) is 10.1. The van der Waals surface area contributed by atoms with Gasteiger partial charge in [0, 0.05) is 18.9 Å². The van der Waals surface area contributed by atoms with Gasteiger partial charge in [0.05, 0.1) is 0 Å². The van der Waals surface area contributed by atoms with Crippen LogP contribution in [0.3, 0.4) is 0 Å². The predicted molar refractivity (Wildman–Crippen MR) is 60.9 cm³/mol. The molecule has 0 bridgehead atoms. The molecule has 3 heteroatoms. The minimum atomic E-state index is -0.320. The van der Waals surface area contributed by atoms with Crippen LogP contribution in [-0.4, -0.2) is 11.6 Å². The molecule has 0 atom stereocenters. The second kappa shape index (κ2) is 3.51. The molecule has 0 spiro atoms. The van der Waals surface area contributed by atoms with Crippen LogP contribution in [0, 0.1) is 6.92 Å². The molecule has 0 fully saturated rings. The number of hydrogen-bond donors (Lipinski definition) is 0. The van der Waals surface area contributed by atoms with Gasteiger partial charge < -0.3 is 9.47 Å². The van der Waals surface area contributed by atoms with Gasteiger partial charge in [0.1, 0.15) is 5.60 Å². The molecule has 0 aliphatic carbocycles. The van der Waals surface area contributed by atoms with Crippen molar-refractivity contribution in [3.05, 3.63) is 23.3 Å². The minimum Gasteiger partial charge on any atom is -0.483 e. The monoisotopic (exact) mass is 220 g/mol. The van der Waals surface area contributed by atoms with Crippen molar-refractivity contribution in [3.8, 4) is 11.5 Å². The SMILES string of the molecule is CC(=O)Oc1ccc(C)c2c1OC(C)(C)C2. The molecule has 0 saturated carbocycles. The third-order valence-corrected chi connectivity index (χ3v) is 2.69. The minimum absolute atomic E-state index is 0.219. The third-order valence-electron chi connectivity index (χ3n) is 2.69. The molecule has 86 valence electrons. The summed E-state index contributed by atoms with van der Waals surface area (Å²) in [4.78, 5) is 11.0. The highest BCUT2D eigenvalue weighted by molar-refractivity contribution is 5.71. The standard InChI is InChI=1S/C13H16O3/c1-8-5-6-11(15-9(2)14)12-10(8)7-13(3,4)16-12/h5-6H,7H2,1-4H3.